The maximum atomic E-state index is 12.4. The fourth-order valence-electron chi connectivity index (χ4n) is 2.65. The highest BCUT2D eigenvalue weighted by Gasteiger charge is 2.10. The topological polar surface area (TPSA) is 62.1 Å². The number of hydrogen-bond acceptors (Lipinski definition) is 3. The van der Waals surface area contributed by atoms with E-state index >= 15 is 0 Å². The summed E-state index contributed by atoms with van der Waals surface area (Å²) in [6.45, 7) is 2.50. The number of rotatable bonds is 6. The normalized spacial score (nSPS) is 10.9. The van der Waals surface area contributed by atoms with Crippen LogP contribution in [0.2, 0.25) is 10.0 Å². The van der Waals surface area contributed by atoms with Crippen molar-refractivity contribution in [2.75, 3.05) is 5.32 Å². The number of ether oxygens (including phenoxy) is 1. The summed E-state index contributed by atoms with van der Waals surface area (Å²) in [5, 5.41) is 12.8. The molecule has 0 aliphatic carbocycles. The summed E-state index contributed by atoms with van der Waals surface area (Å²) in [4.78, 5) is 12.4. The first kappa shape index (κ1) is 21.4. The highest BCUT2D eigenvalue weighted by atomic mass is 35.5. The minimum Gasteiger partial charge on any atom is -0.489 e. The van der Waals surface area contributed by atoms with Gasteiger partial charge in [0.15, 0.2) is 0 Å². The van der Waals surface area contributed by atoms with Crippen molar-refractivity contribution >= 4 is 40.9 Å². The van der Waals surface area contributed by atoms with Crippen molar-refractivity contribution in [3.63, 3.8) is 0 Å². The van der Waals surface area contributed by atoms with Crippen molar-refractivity contribution in [3.05, 3.63) is 99.0 Å². The molecule has 1 amide bonds. The Bertz CT molecular complexity index is 1100. The van der Waals surface area contributed by atoms with Crippen LogP contribution in [0.5, 0.6) is 5.75 Å². The van der Waals surface area contributed by atoms with Crippen LogP contribution in [-0.4, -0.2) is 5.91 Å². The van der Waals surface area contributed by atoms with Crippen LogP contribution in [0, 0.1) is 18.3 Å². The SMILES string of the molecule is Cc1ccc(COc2ccc(C=C(C#N)C(=O)Nc3cc(Cl)cc(Cl)c3)cc2)cc1. The summed E-state index contributed by atoms with van der Waals surface area (Å²) < 4.78 is 5.78. The maximum Gasteiger partial charge on any atom is 0.266 e. The Morgan fingerprint density at radius 2 is 1.67 bits per heavy atom. The molecule has 0 fully saturated rings. The Hall–Kier alpha value is -3.26. The number of aryl methyl sites for hydroxylation is 1. The molecule has 0 radical (unpaired) electrons. The third kappa shape index (κ3) is 6.12. The van der Waals surface area contributed by atoms with E-state index in [1.54, 1.807) is 42.5 Å². The summed E-state index contributed by atoms with van der Waals surface area (Å²) in [6, 6.07) is 21.9. The highest BCUT2D eigenvalue weighted by molar-refractivity contribution is 6.35. The van der Waals surface area contributed by atoms with E-state index in [4.69, 9.17) is 27.9 Å². The van der Waals surface area contributed by atoms with Crippen LogP contribution in [0.1, 0.15) is 16.7 Å². The Kier molecular flexibility index (Phi) is 7.13. The molecule has 4 nitrogen and oxygen atoms in total. The van der Waals surface area contributed by atoms with Gasteiger partial charge in [-0.2, -0.15) is 5.26 Å². The van der Waals surface area contributed by atoms with Crippen LogP contribution in [0.3, 0.4) is 0 Å². The lowest BCUT2D eigenvalue weighted by atomic mass is 10.1. The largest absolute Gasteiger partial charge is 0.489 e. The van der Waals surface area contributed by atoms with Crippen LogP contribution >= 0.6 is 23.2 Å². The Morgan fingerprint density at radius 3 is 2.27 bits per heavy atom. The van der Waals surface area contributed by atoms with Gasteiger partial charge in [0.2, 0.25) is 0 Å². The van der Waals surface area contributed by atoms with E-state index in [9.17, 15) is 10.1 Å². The van der Waals surface area contributed by atoms with Crippen molar-refractivity contribution in [3.8, 4) is 11.8 Å². The molecule has 30 heavy (non-hydrogen) atoms. The van der Waals surface area contributed by atoms with E-state index in [0.717, 1.165) is 5.56 Å². The predicted octanol–water partition coefficient (Wildman–Crippen LogP) is 6.43. The minimum absolute atomic E-state index is 0.0422. The molecule has 0 atom stereocenters. The lowest BCUT2D eigenvalue weighted by molar-refractivity contribution is -0.112. The number of carbonyl (C=O) groups is 1. The fourth-order valence-corrected chi connectivity index (χ4v) is 3.18. The van der Waals surface area contributed by atoms with E-state index in [-0.39, 0.29) is 5.57 Å². The summed E-state index contributed by atoms with van der Waals surface area (Å²) in [6.07, 6.45) is 1.51. The van der Waals surface area contributed by atoms with Crippen LogP contribution in [0.4, 0.5) is 5.69 Å². The van der Waals surface area contributed by atoms with Gasteiger partial charge in [-0.15, -0.1) is 0 Å². The van der Waals surface area contributed by atoms with Crippen molar-refractivity contribution < 1.29 is 9.53 Å². The Morgan fingerprint density at radius 1 is 1.03 bits per heavy atom. The second-order valence-electron chi connectivity index (χ2n) is 6.63. The molecule has 0 aliphatic heterocycles. The molecule has 0 bridgehead atoms. The third-order valence-electron chi connectivity index (χ3n) is 4.20. The number of hydrogen-bond donors (Lipinski definition) is 1. The first-order valence-corrected chi connectivity index (χ1v) is 9.86. The third-order valence-corrected chi connectivity index (χ3v) is 4.64. The molecule has 3 aromatic carbocycles. The number of carbonyl (C=O) groups excluding carboxylic acids is 1. The minimum atomic E-state index is -0.546. The fraction of sp³-hybridized carbons (Fsp3) is 0.0833. The molecule has 3 aromatic rings. The van der Waals surface area contributed by atoms with Gasteiger partial charge in [-0.1, -0.05) is 65.2 Å². The number of nitrogens with zero attached hydrogens (tertiary/aromatic N) is 1. The average molecular weight is 437 g/mol. The van der Waals surface area contributed by atoms with Crippen LogP contribution in [0.15, 0.2) is 72.3 Å². The van der Waals surface area contributed by atoms with E-state index in [1.165, 1.54) is 11.6 Å². The Labute approximate surface area is 185 Å². The summed E-state index contributed by atoms with van der Waals surface area (Å²) in [5.74, 6) is 0.153. The van der Waals surface area contributed by atoms with Gasteiger partial charge in [-0.3, -0.25) is 4.79 Å². The van der Waals surface area contributed by atoms with Gasteiger partial charge in [-0.25, -0.2) is 0 Å². The van der Waals surface area contributed by atoms with Crippen molar-refractivity contribution in [2.45, 2.75) is 13.5 Å². The predicted molar refractivity (Wildman–Crippen MR) is 121 cm³/mol. The molecule has 0 heterocycles. The smallest absolute Gasteiger partial charge is 0.266 e. The van der Waals surface area contributed by atoms with Crippen molar-refractivity contribution in [1.82, 2.24) is 0 Å². The van der Waals surface area contributed by atoms with Gasteiger partial charge in [-0.05, 0) is 54.5 Å². The maximum absolute atomic E-state index is 12.4. The monoisotopic (exact) mass is 436 g/mol. The van der Waals surface area contributed by atoms with Crippen LogP contribution < -0.4 is 10.1 Å². The number of anilines is 1. The molecule has 0 saturated heterocycles. The average Bonchev–Trinajstić information content (AvgIpc) is 2.71. The van der Waals surface area contributed by atoms with Gasteiger partial charge in [0.1, 0.15) is 24.0 Å². The van der Waals surface area contributed by atoms with E-state index in [1.807, 2.05) is 37.3 Å². The number of halogens is 2. The quantitative estimate of drug-likeness (QED) is 0.357. The number of amides is 1. The zero-order chi connectivity index (χ0) is 21.5. The molecular formula is C24H18Cl2N2O2. The number of benzene rings is 3. The first-order chi connectivity index (χ1) is 14.4. The second-order valence-corrected chi connectivity index (χ2v) is 7.50. The zero-order valence-electron chi connectivity index (χ0n) is 16.2. The molecule has 0 saturated carbocycles. The van der Waals surface area contributed by atoms with Gasteiger partial charge in [0, 0.05) is 15.7 Å². The van der Waals surface area contributed by atoms with Crippen molar-refractivity contribution in [1.29, 1.82) is 5.26 Å². The van der Waals surface area contributed by atoms with Crippen LogP contribution in [-0.2, 0) is 11.4 Å². The molecule has 0 aromatic heterocycles. The van der Waals surface area contributed by atoms with Crippen molar-refractivity contribution in [2.24, 2.45) is 0 Å². The van der Waals surface area contributed by atoms with E-state index in [2.05, 4.69) is 5.32 Å². The molecule has 6 heteroatoms. The van der Waals surface area contributed by atoms with E-state index < -0.39 is 5.91 Å². The first-order valence-electron chi connectivity index (χ1n) is 9.10. The zero-order valence-corrected chi connectivity index (χ0v) is 17.7. The molecule has 0 unspecified atom stereocenters. The molecular weight excluding hydrogens is 419 g/mol. The lowest BCUT2D eigenvalue weighted by Gasteiger charge is -2.07. The highest BCUT2D eigenvalue weighted by Crippen LogP contribution is 2.23. The molecule has 0 aliphatic rings. The molecule has 1 N–H and O–H groups in total. The lowest BCUT2D eigenvalue weighted by Crippen LogP contribution is -2.13. The van der Waals surface area contributed by atoms with E-state index in [0.29, 0.717) is 33.7 Å². The Balaban J connectivity index is 1.65. The van der Waals surface area contributed by atoms with Gasteiger partial charge < -0.3 is 10.1 Å². The number of nitrogens with one attached hydrogen (secondary N) is 1. The summed E-state index contributed by atoms with van der Waals surface area (Å²) in [5.41, 5.74) is 3.35. The molecule has 3 rings (SSSR count). The second kappa shape index (κ2) is 9.98. The molecule has 0 spiro atoms. The number of nitriles is 1. The van der Waals surface area contributed by atoms with Gasteiger partial charge in [0.05, 0.1) is 0 Å². The summed E-state index contributed by atoms with van der Waals surface area (Å²) in [7, 11) is 0. The molecule has 150 valence electrons. The van der Waals surface area contributed by atoms with Gasteiger partial charge in [0.25, 0.3) is 5.91 Å². The van der Waals surface area contributed by atoms with Gasteiger partial charge >= 0.3 is 0 Å². The van der Waals surface area contributed by atoms with Crippen LogP contribution in [0.25, 0.3) is 6.08 Å². The standard InChI is InChI=1S/C24H18Cl2N2O2/c1-16-2-4-18(5-3-16)15-30-23-8-6-17(7-9-23)10-19(14-27)24(29)28-22-12-20(25)11-21(26)13-22/h2-13H,15H2,1H3,(H,28,29). The summed E-state index contributed by atoms with van der Waals surface area (Å²) >= 11 is 11.9.